The molecule has 0 aliphatic heterocycles. The quantitative estimate of drug-likeness (QED) is 0.403. The molecule has 0 fully saturated rings. The second kappa shape index (κ2) is 13.7. The van der Waals surface area contributed by atoms with Gasteiger partial charge in [0, 0.05) is 6.61 Å². The molecule has 0 spiro atoms. The average molecular weight is 242 g/mol. The van der Waals surface area contributed by atoms with E-state index in [1.165, 1.54) is 44.9 Å². The summed E-state index contributed by atoms with van der Waals surface area (Å²) >= 11 is 0. The number of allylic oxidation sites excluding steroid dienone is 1. The smallest absolute Gasteiger partial charge is 0.0720 e. The van der Waals surface area contributed by atoms with Crippen LogP contribution in [0.3, 0.4) is 0 Å². The fraction of sp³-hybridized carbons (Fsp3) is 0.867. The van der Waals surface area contributed by atoms with E-state index in [2.05, 4.69) is 0 Å². The van der Waals surface area contributed by atoms with Crippen molar-refractivity contribution < 1.29 is 10.2 Å². The second-order valence-corrected chi connectivity index (χ2v) is 4.79. The molecule has 102 valence electrons. The molecule has 2 nitrogen and oxygen atoms in total. The third-order valence-corrected chi connectivity index (χ3v) is 3.07. The van der Waals surface area contributed by atoms with Crippen LogP contribution in [0.5, 0.6) is 0 Å². The molecule has 0 saturated heterocycles. The Bertz CT molecular complexity index is 166. The summed E-state index contributed by atoms with van der Waals surface area (Å²) in [6.07, 6.45) is 15.5. The maximum absolute atomic E-state index is 9.47. The number of aliphatic hydroxyl groups excluding tert-OH is 2. The topological polar surface area (TPSA) is 40.5 Å². The van der Waals surface area contributed by atoms with E-state index < -0.39 is 0 Å². The Morgan fingerprint density at radius 1 is 0.824 bits per heavy atom. The Balaban J connectivity index is 3.03. The van der Waals surface area contributed by atoms with E-state index >= 15 is 0 Å². The van der Waals surface area contributed by atoms with Crippen molar-refractivity contribution in [2.45, 2.75) is 77.2 Å². The van der Waals surface area contributed by atoms with Crippen LogP contribution in [0.2, 0.25) is 0 Å². The summed E-state index contributed by atoms with van der Waals surface area (Å²) in [4.78, 5) is 0. The van der Waals surface area contributed by atoms with Gasteiger partial charge in [-0.15, -0.1) is 0 Å². The van der Waals surface area contributed by atoms with Gasteiger partial charge in [-0.25, -0.2) is 0 Å². The highest BCUT2D eigenvalue weighted by atomic mass is 16.3. The maximum atomic E-state index is 9.47. The molecular formula is C15H30O2. The van der Waals surface area contributed by atoms with Gasteiger partial charge < -0.3 is 10.2 Å². The van der Waals surface area contributed by atoms with Crippen molar-refractivity contribution in [3.05, 3.63) is 12.2 Å². The van der Waals surface area contributed by atoms with Gasteiger partial charge in [0.05, 0.1) is 6.10 Å². The Labute approximate surface area is 107 Å². The number of hydrogen-bond donors (Lipinski definition) is 2. The average Bonchev–Trinajstić information content (AvgIpc) is 2.32. The summed E-state index contributed by atoms with van der Waals surface area (Å²) in [6.45, 7) is 2.29. The van der Waals surface area contributed by atoms with Gasteiger partial charge in [0.1, 0.15) is 0 Å². The first-order valence-corrected chi connectivity index (χ1v) is 7.23. The maximum Gasteiger partial charge on any atom is 0.0720 e. The lowest BCUT2D eigenvalue weighted by atomic mass is 10.0. The van der Waals surface area contributed by atoms with Crippen LogP contribution in [-0.2, 0) is 0 Å². The molecule has 0 radical (unpaired) electrons. The van der Waals surface area contributed by atoms with Gasteiger partial charge in [0.2, 0.25) is 0 Å². The minimum atomic E-state index is -0.238. The van der Waals surface area contributed by atoms with Crippen LogP contribution in [0.1, 0.15) is 71.1 Å². The van der Waals surface area contributed by atoms with Crippen LogP contribution < -0.4 is 0 Å². The van der Waals surface area contributed by atoms with Crippen LogP contribution in [0, 0.1) is 0 Å². The normalized spacial score (nSPS) is 13.4. The predicted octanol–water partition coefficient (Wildman–Crippen LogP) is 3.82. The van der Waals surface area contributed by atoms with E-state index in [0.717, 1.165) is 19.3 Å². The van der Waals surface area contributed by atoms with Crippen molar-refractivity contribution in [1.82, 2.24) is 0 Å². The van der Waals surface area contributed by atoms with E-state index in [1.807, 2.05) is 19.1 Å². The molecule has 0 aliphatic rings. The Kier molecular flexibility index (Phi) is 13.4. The van der Waals surface area contributed by atoms with Crippen molar-refractivity contribution in [1.29, 1.82) is 0 Å². The minimum absolute atomic E-state index is 0.238. The van der Waals surface area contributed by atoms with Gasteiger partial charge in [0.15, 0.2) is 0 Å². The van der Waals surface area contributed by atoms with E-state index in [4.69, 9.17) is 5.11 Å². The molecule has 2 heteroatoms. The zero-order chi connectivity index (χ0) is 12.8. The molecule has 0 aliphatic carbocycles. The highest BCUT2D eigenvalue weighted by Crippen LogP contribution is 2.11. The highest BCUT2D eigenvalue weighted by molar-refractivity contribution is 4.84. The molecule has 1 unspecified atom stereocenters. The van der Waals surface area contributed by atoms with Gasteiger partial charge >= 0.3 is 0 Å². The lowest BCUT2D eigenvalue weighted by molar-refractivity contribution is 0.208. The Morgan fingerprint density at radius 2 is 1.29 bits per heavy atom. The summed E-state index contributed by atoms with van der Waals surface area (Å²) in [5, 5.41) is 18.1. The van der Waals surface area contributed by atoms with Gasteiger partial charge in [-0.3, -0.25) is 0 Å². The number of aliphatic hydroxyl groups is 2. The molecule has 0 amide bonds. The molecular weight excluding hydrogens is 212 g/mol. The summed E-state index contributed by atoms with van der Waals surface area (Å²) in [7, 11) is 0. The molecule has 1 atom stereocenters. The van der Waals surface area contributed by atoms with Crippen LogP contribution in [-0.4, -0.2) is 22.9 Å². The largest absolute Gasteiger partial charge is 0.396 e. The number of rotatable bonds is 12. The molecule has 0 saturated carbocycles. The summed E-state index contributed by atoms with van der Waals surface area (Å²) in [5.74, 6) is 0. The molecule has 17 heavy (non-hydrogen) atoms. The van der Waals surface area contributed by atoms with Crippen molar-refractivity contribution in [2.75, 3.05) is 6.61 Å². The van der Waals surface area contributed by atoms with Crippen molar-refractivity contribution in [3.8, 4) is 0 Å². The third-order valence-electron chi connectivity index (χ3n) is 3.07. The molecule has 0 aromatic carbocycles. The van der Waals surface area contributed by atoms with E-state index in [0.29, 0.717) is 6.61 Å². The second-order valence-electron chi connectivity index (χ2n) is 4.79. The van der Waals surface area contributed by atoms with Crippen LogP contribution in [0.4, 0.5) is 0 Å². The highest BCUT2D eigenvalue weighted by Gasteiger charge is 1.98. The van der Waals surface area contributed by atoms with Gasteiger partial charge in [0.25, 0.3) is 0 Å². The molecule has 0 aromatic heterocycles. The monoisotopic (exact) mass is 242 g/mol. The number of unbranched alkanes of at least 4 members (excludes halogenated alkanes) is 8. The zero-order valence-electron chi connectivity index (χ0n) is 11.4. The van der Waals surface area contributed by atoms with E-state index in [-0.39, 0.29) is 6.10 Å². The minimum Gasteiger partial charge on any atom is -0.396 e. The van der Waals surface area contributed by atoms with Crippen molar-refractivity contribution in [3.63, 3.8) is 0 Å². The summed E-state index contributed by atoms with van der Waals surface area (Å²) in [5.41, 5.74) is 0. The van der Waals surface area contributed by atoms with Crippen molar-refractivity contribution >= 4 is 0 Å². The van der Waals surface area contributed by atoms with E-state index in [1.54, 1.807) is 0 Å². The van der Waals surface area contributed by atoms with Crippen LogP contribution in [0.15, 0.2) is 12.2 Å². The van der Waals surface area contributed by atoms with Crippen LogP contribution >= 0.6 is 0 Å². The number of hydrogen-bond acceptors (Lipinski definition) is 2. The van der Waals surface area contributed by atoms with Crippen LogP contribution in [0.25, 0.3) is 0 Å². The van der Waals surface area contributed by atoms with Gasteiger partial charge in [-0.05, 0) is 19.8 Å². The fourth-order valence-corrected chi connectivity index (χ4v) is 2.02. The predicted molar refractivity (Wildman–Crippen MR) is 74.1 cm³/mol. The first-order valence-electron chi connectivity index (χ1n) is 7.23. The summed E-state index contributed by atoms with van der Waals surface area (Å²) < 4.78 is 0. The standard InChI is InChI=1S/C15H30O2/c1-2-12-15(17)13-10-8-6-4-3-5-7-9-11-14-16/h2,12,15-17H,3-11,13-14H2,1H3/b12-2+. The summed E-state index contributed by atoms with van der Waals surface area (Å²) in [6, 6.07) is 0. The van der Waals surface area contributed by atoms with E-state index in [9.17, 15) is 5.11 Å². The Hall–Kier alpha value is -0.340. The van der Waals surface area contributed by atoms with Gasteiger partial charge in [-0.1, -0.05) is 63.5 Å². The SMILES string of the molecule is C/C=C/C(O)CCCCCCCCCCCO. The zero-order valence-corrected chi connectivity index (χ0v) is 11.4. The Morgan fingerprint density at radius 3 is 1.76 bits per heavy atom. The molecule has 0 heterocycles. The first-order chi connectivity index (χ1) is 8.31. The fourth-order valence-electron chi connectivity index (χ4n) is 2.02. The molecule has 2 N–H and O–H groups in total. The lowest BCUT2D eigenvalue weighted by Gasteiger charge is -2.05. The van der Waals surface area contributed by atoms with Crippen molar-refractivity contribution in [2.24, 2.45) is 0 Å². The molecule has 0 rings (SSSR count). The third kappa shape index (κ3) is 13.6. The van der Waals surface area contributed by atoms with Gasteiger partial charge in [-0.2, -0.15) is 0 Å². The molecule has 0 bridgehead atoms. The molecule has 0 aromatic rings. The first kappa shape index (κ1) is 16.7. The lowest BCUT2D eigenvalue weighted by Crippen LogP contribution is -2.00.